The van der Waals surface area contributed by atoms with Gasteiger partial charge in [-0.25, -0.2) is 0 Å². The van der Waals surface area contributed by atoms with E-state index in [2.05, 4.69) is 6.92 Å². The average Bonchev–Trinajstić information content (AvgIpc) is 2.68. The second-order valence-electron chi connectivity index (χ2n) is 2.84. The highest BCUT2D eigenvalue weighted by Gasteiger charge is 2.35. The molecule has 10 heavy (non-hydrogen) atoms. The van der Waals surface area contributed by atoms with Gasteiger partial charge in [0.15, 0.2) is 0 Å². The van der Waals surface area contributed by atoms with E-state index in [9.17, 15) is 0 Å². The van der Waals surface area contributed by atoms with E-state index in [0.717, 1.165) is 25.7 Å². The Hall–Kier alpha value is -0.0800. The molecule has 2 atom stereocenters. The minimum absolute atomic E-state index is 0.323. The summed E-state index contributed by atoms with van der Waals surface area (Å²) in [6.45, 7) is 2.47. The van der Waals surface area contributed by atoms with Gasteiger partial charge in [-0.2, -0.15) is 0 Å². The van der Waals surface area contributed by atoms with Gasteiger partial charge in [0, 0.05) is 6.61 Å². The van der Waals surface area contributed by atoms with E-state index in [1.54, 1.807) is 0 Å². The first-order chi connectivity index (χ1) is 4.88. The molecule has 60 valence electrons. The third-order valence-corrected chi connectivity index (χ3v) is 1.99. The highest BCUT2D eigenvalue weighted by molar-refractivity contribution is 4.82. The van der Waals surface area contributed by atoms with Gasteiger partial charge in [0.2, 0.25) is 0 Å². The number of epoxide rings is 1. The van der Waals surface area contributed by atoms with Crippen molar-refractivity contribution in [2.24, 2.45) is 0 Å². The summed E-state index contributed by atoms with van der Waals surface area (Å²) in [5, 5.41) is 8.48. The van der Waals surface area contributed by atoms with E-state index in [1.165, 1.54) is 0 Å². The highest BCUT2D eigenvalue weighted by Crippen LogP contribution is 2.29. The molecular weight excluding hydrogens is 128 g/mol. The maximum atomic E-state index is 8.48. The zero-order chi connectivity index (χ0) is 7.40. The first-order valence-electron chi connectivity index (χ1n) is 4.14. The second-order valence-corrected chi connectivity index (χ2v) is 2.84. The molecule has 2 nitrogen and oxygen atoms in total. The van der Waals surface area contributed by atoms with Crippen LogP contribution in [0.5, 0.6) is 0 Å². The van der Waals surface area contributed by atoms with Crippen LogP contribution in [0.3, 0.4) is 0 Å². The van der Waals surface area contributed by atoms with Crippen LogP contribution < -0.4 is 0 Å². The summed E-state index contributed by atoms with van der Waals surface area (Å²) in [7, 11) is 0. The van der Waals surface area contributed by atoms with Gasteiger partial charge >= 0.3 is 0 Å². The van der Waals surface area contributed by atoms with E-state index in [1.807, 2.05) is 0 Å². The number of ether oxygens (including phenoxy) is 1. The zero-order valence-electron chi connectivity index (χ0n) is 6.55. The molecule has 2 unspecified atom stereocenters. The molecule has 0 spiro atoms. The minimum atomic E-state index is 0.323. The summed E-state index contributed by atoms with van der Waals surface area (Å²) in [5.74, 6) is 0. The van der Waals surface area contributed by atoms with Crippen LogP contribution in [0.15, 0.2) is 0 Å². The van der Waals surface area contributed by atoms with Gasteiger partial charge in [0.25, 0.3) is 0 Å². The third-order valence-electron chi connectivity index (χ3n) is 1.99. The maximum Gasteiger partial charge on any atom is 0.0841 e. The van der Waals surface area contributed by atoms with Crippen LogP contribution in [-0.4, -0.2) is 23.9 Å². The normalized spacial score (nSPS) is 30.6. The van der Waals surface area contributed by atoms with Gasteiger partial charge in [-0.05, 0) is 25.7 Å². The average molecular weight is 144 g/mol. The lowest BCUT2D eigenvalue weighted by Crippen LogP contribution is -1.93. The molecule has 0 aromatic rings. The second kappa shape index (κ2) is 3.94. The van der Waals surface area contributed by atoms with E-state index in [4.69, 9.17) is 9.84 Å². The highest BCUT2D eigenvalue weighted by atomic mass is 16.6. The van der Waals surface area contributed by atoms with Crippen molar-refractivity contribution in [1.82, 2.24) is 0 Å². The van der Waals surface area contributed by atoms with Crippen molar-refractivity contribution in [3.8, 4) is 0 Å². The van der Waals surface area contributed by atoms with Crippen LogP contribution in [-0.2, 0) is 4.74 Å². The van der Waals surface area contributed by atoms with E-state index >= 15 is 0 Å². The topological polar surface area (TPSA) is 32.8 Å². The van der Waals surface area contributed by atoms with Crippen LogP contribution in [0.1, 0.15) is 32.6 Å². The van der Waals surface area contributed by atoms with Crippen LogP contribution in [0, 0.1) is 0 Å². The predicted molar refractivity (Wildman–Crippen MR) is 39.9 cm³/mol. The molecule has 0 amide bonds. The summed E-state index contributed by atoms with van der Waals surface area (Å²) >= 11 is 0. The lowest BCUT2D eigenvalue weighted by Gasteiger charge is -1.92. The Labute approximate surface area is 62.2 Å². The van der Waals surface area contributed by atoms with Crippen molar-refractivity contribution >= 4 is 0 Å². The van der Waals surface area contributed by atoms with Crippen molar-refractivity contribution in [3.05, 3.63) is 0 Å². The number of aliphatic hydroxyl groups is 1. The summed E-state index contributed by atoms with van der Waals surface area (Å²) in [6.07, 6.45) is 5.38. The number of unbranched alkanes of at least 4 members (excludes halogenated alkanes) is 1. The fourth-order valence-corrected chi connectivity index (χ4v) is 1.25. The van der Waals surface area contributed by atoms with Gasteiger partial charge in [-0.15, -0.1) is 0 Å². The smallest absolute Gasteiger partial charge is 0.0841 e. The fourth-order valence-electron chi connectivity index (χ4n) is 1.25. The Balaban J connectivity index is 1.87. The molecule has 0 aliphatic carbocycles. The molecule has 0 aromatic carbocycles. The van der Waals surface area contributed by atoms with Crippen LogP contribution >= 0.6 is 0 Å². The Bertz CT molecular complexity index is 93.3. The van der Waals surface area contributed by atoms with Gasteiger partial charge in [-0.1, -0.05) is 6.92 Å². The van der Waals surface area contributed by atoms with Crippen molar-refractivity contribution < 1.29 is 9.84 Å². The number of hydrogen-bond acceptors (Lipinski definition) is 2. The molecule has 1 rings (SSSR count). The largest absolute Gasteiger partial charge is 0.396 e. The summed E-state index contributed by atoms with van der Waals surface area (Å²) in [6, 6.07) is 0. The Kier molecular flexibility index (Phi) is 3.16. The SMILES string of the molecule is CCC1OC1CCCCO. The summed E-state index contributed by atoms with van der Waals surface area (Å²) < 4.78 is 5.33. The molecular formula is C8H16O2. The molecule has 2 heteroatoms. The molecule has 0 aromatic heterocycles. The lowest BCUT2D eigenvalue weighted by molar-refractivity contribution is 0.278. The molecule has 0 bridgehead atoms. The Morgan fingerprint density at radius 2 is 2.10 bits per heavy atom. The summed E-state index contributed by atoms with van der Waals surface area (Å²) in [5.41, 5.74) is 0. The zero-order valence-corrected chi connectivity index (χ0v) is 6.55. The quantitative estimate of drug-likeness (QED) is 0.466. The lowest BCUT2D eigenvalue weighted by atomic mass is 10.1. The molecule has 1 saturated heterocycles. The molecule has 1 aliphatic rings. The third kappa shape index (κ3) is 2.27. The molecule has 1 heterocycles. The van der Waals surface area contributed by atoms with Crippen molar-refractivity contribution in [2.75, 3.05) is 6.61 Å². The van der Waals surface area contributed by atoms with Crippen LogP contribution in [0.4, 0.5) is 0 Å². The van der Waals surface area contributed by atoms with Gasteiger partial charge in [0.05, 0.1) is 12.2 Å². The van der Waals surface area contributed by atoms with Gasteiger partial charge in [0.1, 0.15) is 0 Å². The number of aliphatic hydroxyl groups excluding tert-OH is 1. The van der Waals surface area contributed by atoms with Crippen LogP contribution in [0.25, 0.3) is 0 Å². The van der Waals surface area contributed by atoms with Crippen molar-refractivity contribution in [2.45, 2.75) is 44.8 Å². The van der Waals surface area contributed by atoms with E-state index < -0.39 is 0 Å². The maximum absolute atomic E-state index is 8.48. The molecule has 0 saturated carbocycles. The molecule has 1 fully saturated rings. The first kappa shape index (κ1) is 8.02. The van der Waals surface area contributed by atoms with E-state index in [-0.39, 0.29) is 0 Å². The monoisotopic (exact) mass is 144 g/mol. The van der Waals surface area contributed by atoms with Crippen molar-refractivity contribution in [1.29, 1.82) is 0 Å². The molecule has 1 aliphatic heterocycles. The number of hydrogen-bond donors (Lipinski definition) is 1. The summed E-state index contributed by atoms with van der Waals surface area (Å²) in [4.78, 5) is 0. The van der Waals surface area contributed by atoms with E-state index in [0.29, 0.717) is 18.8 Å². The Morgan fingerprint density at radius 1 is 1.30 bits per heavy atom. The predicted octanol–water partition coefficient (Wildman–Crippen LogP) is 1.33. The van der Waals surface area contributed by atoms with Gasteiger partial charge < -0.3 is 9.84 Å². The fraction of sp³-hybridized carbons (Fsp3) is 1.00. The standard InChI is InChI=1S/C8H16O2/c1-2-7-8(10-7)5-3-4-6-9/h7-9H,2-6H2,1H3. The Morgan fingerprint density at radius 3 is 2.60 bits per heavy atom. The molecule has 1 N–H and O–H groups in total. The first-order valence-corrected chi connectivity index (χ1v) is 4.14. The molecule has 0 radical (unpaired) electrons. The number of rotatable bonds is 5. The van der Waals surface area contributed by atoms with Crippen LogP contribution in [0.2, 0.25) is 0 Å². The minimum Gasteiger partial charge on any atom is -0.396 e. The van der Waals surface area contributed by atoms with Crippen molar-refractivity contribution in [3.63, 3.8) is 0 Å². The van der Waals surface area contributed by atoms with Gasteiger partial charge in [-0.3, -0.25) is 0 Å².